The zero-order valence-corrected chi connectivity index (χ0v) is 10.7. The molecule has 2 heterocycles. The quantitative estimate of drug-likeness (QED) is 0.703. The van der Waals surface area contributed by atoms with Crippen molar-refractivity contribution in [3.05, 3.63) is 46.8 Å². The minimum Gasteiger partial charge on any atom is -0.399 e. The number of benzene rings is 1. The van der Waals surface area contributed by atoms with E-state index in [9.17, 15) is 4.39 Å². The van der Waals surface area contributed by atoms with Crippen molar-refractivity contribution in [3.8, 4) is 11.4 Å². The second kappa shape index (κ2) is 4.06. The monoisotopic (exact) mass is 306 g/mol. The van der Waals surface area contributed by atoms with Crippen LogP contribution >= 0.6 is 15.9 Å². The number of anilines is 1. The van der Waals surface area contributed by atoms with Crippen molar-refractivity contribution in [2.75, 3.05) is 5.73 Å². The van der Waals surface area contributed by atoms with Crippen molar-refractivity contribution in [2.24, 2.45) is 0 Å². The third-order valence-electron chi connectivity index (χ3n) is 2.60. The summed E-state index contributed by atoms with van der Waals surface area (Å²) >= 11 is 3.36. The molecule has 0 spiro atoms. The predicted octanol–water partition coefficient (Wildman–Crippen LogP) is 2.88. The van der Waals surface area contributed by atoms with Gasteiger partial charge in [-0.1, -0.05) is 0 Å². The molecule has 6 heteroatoms. The fourth-order valence-corrected chi connectivity index (χ4v) is 2.10. The Morgan fingerprint density at radius 2 is 2.00 bits per heavy atom. The standard InChI is InChI=1S/C12H8BrFN4/c13-7-1-4-11-16-17-12(18(11)6-7)9-3-2-8(15)5-10(9)14/h1-6H,15H2. The number of halogens is 2. The lowest BCUT2D eigenvalue weighted by atomic mass is 10.2. The average molecular weight is 307 g/mol. The summed E-state index contributed by atoms with van der Waals surface area (Å²) in [5.41, 5.74) is 6.94. The average Bonchev–Trinajstić information content (AvgIpc) is 2.72. The van der Waals surface area contributed by atoms with Crippen LogP contribution in [0, 0.1) is 5.82 Å². The third kappa shape index (κ3) is 1.74. The van der Waals surface area contributed by atoms with Gasteiger partial charge in [0.15, 0.2) is 11.5 Å². The van der Waals surface area contributed by atoms with Crippen molar-refractivity contribution >= 4 is 27.3 Å². The Kier molecular flexibility index (Phi) is 2.52. The summed E-state index contributed by atoms with van der Waals surface area (Å²) in [6.45, 7) is 0. The molecule has 0 bridgehead atoms. The second-order valence-corrected chi connectivity index (χ2v) is 4.75. The van der Waals surface area contributed by atoms with E-state index in [0.29, 0.717) is 22.7 Å². The number of nitrogen functional groups attached to an aromatic ring is 1. The first-order valence-corrected chi connectivity index (χ1v) is 6.00. The van der Waals surface area contributed by atoms with Crippen LogP contribution in [0.3, 0.4) is 0 Å². The molecule has 3 rings (SSSR count). The Labute approximate surface area is 110 Å². The van der Waals surface area contributed by atoms with Crippen LogP contribution in [0.4, 0.5) is 10.1 Å². The van der Waals surface area contributed by atoms with Gasteiger partial charge in [-0.05, 0) is 46.3 Å². The molecule has 2 aromatic heterocycles. The summed E-state index contributed by atoms with van der Waals surface area (Å²) < 4.78 is 16.5. The lowest BCUT2D eigenvalue weighted by molar-refractivity contribution is 0.630. The molecule has 90 valence electrons. The summed E-state index contributed by atoms with van der Waals surface area (Å²) in [6, 6.07) is 8.16. The fourth-order valence-electron chi connectivity index (χ4n) is 1.76. The van der Waals surface area contributed by atoms with E-state index in [1.165, 1.54) is 6.07 Å². The van der Waals surface area contributed by atoms with E-state index in [2.05, 4.69) is 26.1 Å². The largest absolute Gasteiger partial charge is 0.399 e. The Morgan fingerprint density at radius 1 is 1.17 bits per heavy atom. The number of fused-ring (bicyclic) bond motifs is 1. The summed E-state index contributed by atoms with van der Waals surface area (Å²) in [6.07, 6.45) is 1.79. The molecule has 0 atom stereocenters. The molecule has 3 aromatic rings. The molecule has 0 fully saturated rings. The molecule has 0 radical (unpaired) electrons. The lowest BCUT2D eigenvalue weighted by Crippen LogP contribution is -1.94. The number of hydrogen-bond donors (Lipinski definition) is 1. The predicted molar refractivity (Wildman–Crippen MR) is 70.5 cm³/mol. The van der Waals surface area contributed by atoms with Crippen molar-refractivity contribution in [3.63, 3.8) is 0 Å². The van der Waals surface area contributed by atoms with Crippen LogP contribution in [0.15, 0.2) is 41.0 Å². The van der Waals surface area contributed by atoms with Crippen molar-refractivity contribution in [1.29, 1.82) is 0 Å². The molecule has 0 saturated heterocycles. The first-order chi connectivity index (χ1) is 8.65. The van der Waals surface area contributed by atoms with E-state index in [1.54, 1.807) is 28.8 Å². The first kappa shape index (κ1) is 11.2. The van der Waals surface area contributed by atoms with Gasteiger partial charge in [0.1, 0.15) is 5.82 Å². The maximum absolute atomic E-state index is 13.9. The summed E-state index contributed by atoms with van der Waals surface area (Å²) in [5, 5.41) is 8.00. The second-order valence-electron chi connectivity index (χ2n) is 3.84. The first-order valence-electron chi connectivity index (χ1n) is 5.21. The van der Waals surface area contributed by atoms with E-state index in [1.807, 2.05) is 6.07 Å². The molecule has 2 N–H and O–H groups in total. The normalized spacial score (nSPS) is 11.0. The highest BCUT2D eigenvalue weighted by Gasteiger charge is 2.12. The van der Waals surface area contributed by atoms with Gasteiger partial charge in [0.25, 0.3) is 0 Å². The molecule has 0 saturated carbocycles. The number of hydrogen-bond acceptors (Lipinski definition) is 3. The molecule has 4 nitrogen and oxygen atoms in total. The molecule has 0 aliphatic rings. The van der Waals surface area contributed by atoms with E-state index in [4.69, 9.17) is 5.73 Å². The highest BCUT2D eigenvalue weighted by Crippen LogP contribution is 2.24. The number of nitrogens with two attached hydrogens (primary N) is 1. The maximum Gasteiger partial charge on any atom is 0.171 e. The zero-order valence-electron chi connectivity index (χ0n) is 9.14. The SMILES string of the molecule is Nc1ccc(-c2nnc3ccc(Br)cn23)c(F)c1. The van der Waals surface area contributed by atoms with Gasteiger partial charge in [0, 0.05) is 16.4 Å². The van der Waals surface area contributed by atoms with Crippen molar-refractivity contribution in [1.82, 2.24) is 14.6 Å². The van der Waals surface area contributed by atoms with E-state index in [0.717, 1.165) is 4.47 Å². The summed E-state index contributed by atoms with van der Waals surface area (Å²) in [4.78, 5) is 0. The Morgan fingerprint density at radius 3 is 2.78 bits per heavy atom. The van der Waals surface area contributed by atoms with E-state index >= 15 is 0 Å². The van der Waals surface area contributed by atoms with Crippen molar-refractivity contribution in [2.45, 2.75) is 0 Å². The van der Waals surface area contributed by atoms with Gasteiger partial charge in [0.2, 0.25) is 0 Å². The number of rotatable bonds is 1. The van der Waals surface area contributed by atoms with Gasteiger partial charge in [-0.3, -0.25) is 4.40 Å². The zero-order chi connectivity index (χ0) is 12.7. The molecular weight excluding hydrogens is 299 g/mol. The Bertz CT molecular complexity index is 738. The molecule has 0 aliphatic heterocycles. The molecule has 1 aromatic carbocycles. The van der Waals surface area contributed by atoms with Crippen LogP contribution in [-0.2, 0) is 0 Å². The fraction of sp³-hybridized carbons (Fsp3) is 0. The van der Waals surface area contributed by atoms with Gasteiger partial charge in [-0.25, -0.2) is 4.39 Å². The smallest absolute Gasteiger partial charge is 0.171 e. The summed E-state index contributed by atoms with van der Waals surface area (Å²) in [7, 11) is 0. The Balaban J connectivity index is 2.28. The highest BCUT2D eigenvalue weighted by molar-refractivity contribution is 9.10. The number of aromatic nitrogens is 3. The van der Waals surface area contributed by atoms with Crippen molar-refractivity contribution < 1.29 is 4.39 Å². The van der Waals surface area contributed by atoms with Gasteiger partial charge < -0.3 is 5.73 Å². The molecule has 0 aliphatic carbocycles. The third-order valence-corrected chi connectivity index (χ3v) is 3.07. The van der Waals surface area contributed by atoms with Gasteiger partial charge in [-0.15, -0.1) is 10.2 Å². The topological polar surface area (TPSA) is 56.2 Å². The van der Waals surface area contributed by atoms with Crippen LogP contribution in [0.25, 0.3) is 17.0 Å². The van der Waals surface area contributed by atoms with Gasteiger partial charge in [-0.2, -0.15) is 0 Å². The minimum atomic E-state index is -0.413. The Hall–Kier alpha value is -1.95. The molecular formula is C12H8BrFN4. The minimum absolute atomic E-state index is 0.370. The van der Waals surface area contributed by atoms with Crippen LogP contribution in [-0.4, -0.2) is 14.6 Å². The highest BCUT2D eigenvalue weighted by atomic mass is 79.9. The molecule has 18 heavy (non-hydrogen) atoms. The molecule has 0 amide bonds. The lowest BCUT2D eigenvalue weighted by Gasteiger charge is -2.03. The van der Waals surface area contributed by atoms with Crippen LogP contribution in [0.2, 0.25) is 0 Å². The number of pyridine rings is 1. The van der Waals surface area contributed by atoms with Gasteiger partial charge in [0.05, 0.1) is 5.56 Å². The maximum atomic E-state index is 13.9. The van der Waals surface area contributed by atoms with E-state index in [-0.39, 0.29) is 0 Å². The van der Waals surface area contributed by atoms with Crippen LogP contribution in [0.5, 0.6) is 0 Å². The van der Waals surface area contributed by atoms with Crippen LogP contribution in [0.1, 0.15) is 0 Å². The van der Waals surface area contributed by atoms with E-state index < -0.39 is 5.82 Å². The van der Waals surface area contributed by atoms with Gasteiger partial charge >= 0.3 is 0 Å². The number of nitrogens with zero attached hydrogens (tertiary/aromatic N) is 3. The molecule has 0 unspecified atom stereocenters. The summed E-state index contributed by atoms with van der Waals surface area (Å²) in [5.74, 6) is 0.0353. The van der Waals surface area contributed by atoms with Crippen LogP contribution < -0.4 is 5.73 Å².